The van der Waals surface area contributed by atoms with E-state index >= 15 is 0 Å². The van der Waals surface area contributed by atoms with Crippen LogP contribution in [-0.4, -0.2) is 21.5 Å². The maximum absolute atomic E-state index is 5.84. The maximum atomic E-state index is 5.84. The van der Waals surface area contributed by atoms with Gasteiger partial charge >= 0.3 is 0 Å². The summed E-state index contributed by atoms with van der Waals surface area (Å²) >= 11 is 3.48. The van der Waals surface area contributed by atoms with Crippen LogP contribution in [0.1, 0.15) is 17.2 Å². The molecule has 1 aromatic heterocycles. The van der Waals surface area contributed by atoms with Gasteiger partial charge in [-0.3, -0.25) is 4.68 Å². The van der Waals surface area contributed by atoms with Gasteiger partial charge in [0, 0.05) is 30.1 Å². The van der Waals surface area contributed by atoms with Gasteiger partial charge in [0.2, 0.25) is 0 Å². The molecule has 0 aliphatic carbocycles. The van der Waals surface area contributed by atoms with Crippen LogP contribution in [0.15, 0.2) is 34.9 Å². The number of hydrogen-bond donors (Lipinski definition) is 1. The summed E-state index contributed by atoms with van der Waals surface area (Å²) in [6.45, 7) is 0.604. The molecule has 0 aliphatic heterocycles. The van der Waals surface area contributed by atoms with Crippen LogP contribution in [-0.2, 0) is 13.5 Å². The zero-order chi connectivity index (χ0) is 12.3. The van der Waals surface area contributed by atoms with Crippen molar-refractivity contribution in [1.29, 1.82) is 0 Å². The van der Waals surface area contributed by atoms with Crippen molar-refractivity contribution in [3.8, 4) is 0 Å². The van der Waals surface area contributed by atoms with Crippen molar-refractivity contribution in [2.24, 2.45) is 12.8 Å². The molecular weight excluding hydrogens is 280 g/mol. The Morgan fingerprint density at radius 2 is 2.29 bits per heavy atom. The minimum atomic E-state index is 0.282. The molecule has 0 bridgehead atoms. The summed E-state index contributed by atoms with van der Waals surface area (Å²) in [7, 11) is 1.87. The van der Waals surface area contributed by atoms with Gasteiger partial charge in [0.1, 0.15) is 0 Å². The first-order valence-corrected chi connectivity index (χ1v) is 6.29. The number of nitrogens with two attached hydrogens (primary N) is 1. The predicted octanol–water partition coefficient (Wildman–Crippen LogP) is 1.86. The highest BCUT2D eigenvalue weighted by Crippen LogP contribution is 2.22. The van der Waals surface area contributed by atoms with Gasteiger partial charge in [-0.05, 0) is 24.2 Å². The highest BCUT2D eigenvalue weighted by molar-refractivity contribution is 9.10. The molecule has 1 unspecified atom stereocenters. The zero-order valence-electron chi connectivity index (χ0n) is 9.68. The molecule has 0 aliphatic rings. The molecule has 17 heavy (non-hydrogen) atoms. The fraction of sp³-hybridized carbons (Fsp3) is 0.333. The van der Waals surface area contributed by atoms with Crippen LogP contribution >= 0.6 is 15.9 Å². The Labute approximate surface area is 109 Å². The molecule has 0 fully saturated rings. The molecule has 2 N–H and O–H groups in total. The van der Waals surface area contributed by atoms with Crippen molar-refractivity contribution in [2.45, 2.75) is 12.3 Å². The van der Waals surface area contributed by atoms with Gasteiger partial charge in [-0.15, -0.1) is 5.10 Å². The van der Waals surface area contributed by atoms with Gasteiger partial charge in [0.15, 0.2) is 0 Å². The van der Waals surface area contributed by atoms with Crippen molar-refractivity contribution < 1.29 is 0 Å². The SMILES string of the molecule is Cn1cc(CC(CN)c2cccc(Br)c2)nn1. The van der Waals surface area contributed by atoms with Crippen molar-refractivity contribution in [2.75, 3.05) is 6.54 Å². The minimum absolute atomic E-state index is 0.282. The van der Waals surface area contributed by atoms with Crippen molar-refractivity contribution in [3.05, 3.63) is 46.2 Å². The van der Waals surface area contributed by atoms with E-state index in [0.29, 0.717) is 6.54 Å². The Kier molecular flexibility index (Phi) is 3.91. The summed E-state index contributed by atoms with van der Waals surface area (Å²) in [6, 6.07) is 8.24. The Bertz CT molecular complexity index is 495. The molecule has 0 saturated heterocycles. The first-order valence-electron chi connectivity index (χ1n) is 5.50. The quantitative estimate of drug-likeness (QED) is 0.936. The lowest BCUT2D eigenvalue weighted by atomic mass is 9.95. The first kappa shape index (κ1) is 12.3. The van der Waals surface area contributed by atoms with E-state index in [-0.39, 0.29) is 5.92 Å². The Morgan fingerprint density at radius 3 is 2.88 bits per heavy atom. The monoisotopic (exact) mass is 294 g/mol. The molecule has 0 radical (unpaired) electrons. The maximum Gasteiger partial charge on any atom is 0.0833 e. The zero-order valence-corrected chi connectivity index (χ0v) is 11.3. The number of aryl methyl sites for hydroxylation is 1. The average Bonchev–Trinajstić information content (AvgIpc) is 2.72. The summed E-state index contributed by atoms with van der Waals surface area (Å²) < 4.78 is 2.79. The smallest absolute Gasteiger partial charge is 0.0833 e. The molecule has 90 valence electrons. The molecule has 0 spiro atoms. The predicted molar refractivity (Wildman–Crippen MR) is 70.6 cm³/mol. The molecule has 2 rings (SSSR count). The van der Waals surface area contributed by atoms with E-state index in [4.69, 9.17) is 5.73 Å². The van der Waals surface area contributed by atoms with Crippen LogP contribution in [0.2, 0.25) is 0 Å². The molecule has 1 aromatic carbocycles. The molecule has 5 heteroatoms. The summed E-state index contributed by atoms with van der Waals surface area (Å²) in [4.78, 5) is 0. The highest BCUT2D eigenvalue weighted by atomic mass is 79.9. The van der Waals surface area contributed by atoms with Gasteiger partial charge < -0.3 is 5.73 Å². The van der Waals surface area contributed by atoms with Gasteiger partial charge in [-0.1, -0.05) is 33.3 Å². The molecule has 1 heterocycles. The van der Waals surface area contributed by atoms with Crippen molar-refractivity contribution in [3.63, 3.8) is 0 Å². The number of rotatable bonds is 4. The molecule has 4 nitrogen and oxygen atoms in total. The summed E-state index contributed by atoms with van der Waals surface area (Å²) in [5.41, 5.74) is 8.04. The third-order valence-electron chi connectivity index (χ3n) is 2.71. The number of nitrogens with zero attached hydrogens (tertiary/aromatic N) is 3. The van der Waals surface area contributed by atoms with Crippen molar-refractivity contribution in [1.82, 2.24) is 15.0 Å². The first-order chi connectivity index (χ1) is 8.19. The minimum Gasteiger partial charge on any atom is -0.330 e. The van der Waals surface area contributed by atoms with Crippen LogP contribution in [0.5, 0.6) is 0 Å². The fourth-order valence-corrected chi connectivity index (χ4v) is 2.26. The normalized spacial score (nSPS) is 12.6. The lowest BCUT2D eigenvalue weighted by molar-refractivity contribution is 0.676. The van der Waals surface area contributed by atoms with Crippen LogP contribution in [0.3, 0.4) is 0 Å². The van der Waals surface area contributed by atoms with Gasteiger partial charge in [0.05, 0.1) is 5.69 Å². The number of benzene rings is 1. The lowest BCUT2D eigenvalue weighted by Crippen LogP contribution is -2.15. The molecule has 0 amide bonds. The third-order valence-corrected chi connectivity index (χ3v) is 3.20. The van der Waals surface area contributed by atoms with E-state index in [1.54, 1.807) is 4.68 Å². The third kappa shape index (κ3) is 3.14. The van der Waals surface area contributed by atoms with E-state index in [2.05, 4.69) is 38.4 Å². The van der Waals surface area contributed by atoms with Crippen LogP contribution in [0.4, 0.5) is 0 Å². The van der Waals surface area contributed by atoms with E-state index in [9.17, 15) is 0 Å². The summed E-state index contributed by atoms with van der Waals surface area (Å²) in [5, 5.41) is 8.03. The molecular formula is C12H15BrN4. The second-order valence-corrected chi connectivity index (χ2v) is 4.99. The molecule has 1 atom stereocenters. The van der Waals surface area contributed by atoms with E-state index < -0.39 is 0 Å². The van der Waals surface area contributed by atoms with Crippen LogP contribution in [0, 0.1) is 0 Å². The number of hydrogen-bond acceptors (Lipinski definition) is 3. The number of aromatic nitrogens is 3. The van der Waals surface area contributed by atoms with Crippen molar-refractivity contribution >= 4 is 15.9 Å². The molecule has 0 saturated carbocycles. The Balaban J connectivity index is 2.16. The highest BCUT2D eigenvalue weighted by Gasteiger charge is 2.12. The van der Waals surface area contributed by atoms with Crippen LogP contribution < -0.4 is 5.73 Å². The second kappa shape index (κ2) is 5.42. The average molecular weight is 295 g/mol. The van der Waals surface area contributed by atoms with E-state index in [1.807, 2.05) is 25.4 Å². The standard InChI is InChI=1S/C12H15BrN4/c1-17-8-12(15-16-17)6-10(7-14)9-3-2-4-11(13)5-9/h2-5,8,10H,6-7,14H2,1H3. The summed E-state index contributed by atoms with van der Waals surface area (Å²) in [5.74, 6) is 0.282. The lowest BCUT2D eigenvalue weighted by Gasteiger charge is -2.13. The van der Waals surface area contributed by atoms with E-state index in [0.717, 1.165) is 16.6 Å². The van der Waals surface area contributed by atoms with Gasteiger partial charge in [0.25, 0.3) is 0 Å². The fourth-order valence-electron chi connectivity index (χ4n) is 1.84. The number of halogens is 1. The van der Waals surface area contributed by atoms with Gasteiger partial charge in [-0.2, -0.15) is 0 Å². The second-order valence-electron chi connectivity index (χ2n) is 4.08. The van der Waals surface area contributed by atoms with E-state index in [1.165, 1.54) is 5.56 Å². The largest absolute Gasteiger partial charge is 0.330 e. The Morgan fingerprint density at radius 1 is 1.47 bits per heavy atom. The van der Waals surface area contributed by atoms with Gasteiger partial charge in [-0.25, -0.2) is 0 Å². The molecule has 2 aromatic rings. The summed E-state index contributed by atoms with van der Waals surface area (Å²) in [6.07, 6.45) is 2.75. The van der Waals surface area contributed by atoms with Crippen LogP contribution in [0.25, 0.3) is 0 Å². The topological polar surface area (TPSA) is 56.7 Å². The Hall–Kier alpha value is -1.20.